The molecule has 0 fully saturated rings. The molecule has 2 aromatic carbocycles. The van der Waals surface area contributed by atoms with Crippen molar-refractivity contribution in [1.29, 1.82) is 0 Å². The van der Waals surface area contributed by atoms with Gasteiger partial charge in [-0.2, -0.15) is 0 Å². The largest absolute Gasteiger partial charge is 0.507 e. The number of fused-ring (bicyclic) bond motifs is 1. The maximum Gasteiger partial charge on any atom is 0.339 e. The molecule has 0 saturated heterocycles. The molecule has 126 valence electrons. The molecule has 2 aromatic rings. The van der Waals surface area contributed by atoms with Crippen LogP contribution in [0.25, 0.3) is 0 Å². The average molecular weight is 347 g/mol. The summed E-state index contributed by atoms with van der Waals surface area (Å²) in [5.74, 6) is -1.85. The van der Waals surface area contributed by atoms with Gasteiger partial charge in [0, 0.05) is 6.04 Å². The summed E-state index contributed by atoms with van der Waals surface area (Å²) in [5.41, 5.74) is 1.62. The number of hydrogen-bond donors (Lipinski definition) is 3. The van der Waals surface area contributed by atoms with Crippen LogP contribution in [-0.4, -0.2) is 24.6 Å². The number of carboxylic acids is 1. The van der Waals surface area contributed by atoms with E-state index in [0.717, 1.165) is 36.1 Å². The number of rotatable bonds is 4. The van der Waals surface area contributed by atoms with Crippen LogP contribution >= 0.6 is 0 Å². The fraction of sp³-hybridized carbons (Fsp3) is 0.235. The van der Waals surface area contributed by atoms with Gasteiger partial charge in [-0.1, -0.05) is 24.3 Å². The highest BCUT2D eigenvalue weighted by Gasteiger charge is 2.26. The Hall–Kier alpha value is -2.38. The van der Waals surface area contributed by atoms with Crippen LogP contribution in [-0.2, 0) is 16.4 Å². The molecule has 24 heavy (non-hydrogen) atoms. The van der Waals surface area contributed by atoms with Gasteiger partial charge in [0.05, 0.1) is 4.90 Å². The zero-order chi connectivity index (χ0) is 17.3. The molecule has 0 spiro atoms. The minimum absolute atomic E-state index is 0.180. The molecule has 6 nitrogen and oxygen atoms in total. The van der Waals surface area contributed by atoms with Crippen LogP contribution in [0.5, 0.6) is 5.75 Å². The van der Waals surface area contributed by atoms with E-state index in [2.05, 4.69) is 4.72 Å². The number of carboxylic acid groups (broad SMARTS) is 1. The second-order valence-corrected chi connectivity index (χ2v) is 7.46. The molecule has 1 atom stereocenters. The van der Waals surface area contributed by atoms with Gasteiger partial charge in [0.25, 0.3) is 0 Å². The molecule has 0 aliphatic heterocycles. The Kier molecular flexibility index (Phi) is 4.29. The summed E-state index contributed by atoms with van der Waals surface area (Å²) in [6.45, 7) is 0. The molecular weight excluding hydrogens is 330 g/mol. The van der Waals surface area contributed by atoms with Crippen molar-refractivity contribution >= 4 is 16.0 Å². The maximum absolute atomic E-state index is 12.6. The number of nitrogens with one attached hydrogen (secondary N) is 1. The lowest BCUT2D eigenvalue weighted by molar-refractivity contribution is 0.0693. The van der Waals surface area contributed by atoms with Crippen molar-refractivity contribution in [3.8, 4) is 5.75 Å². The SMILES string of the molecule is O=C(O)c1cc(S(=O)(=O)N[C@@H]2CCCc3ccccc32)ccc1O. The first kappa shape index (κ1) is 16.5. The lowest BCUT2D eigenvalue weighted by Gasteiger charge is -2.26. The Labute approximate surface area is 139 Å². The highest BCUT2D eigenvalue weighted by Crippen LogP contribution is 2.31. The van der Waals surface area contributed by atoms with E-state index < -0.39 is 27.3 Å². The van der Waals surface area contributed by atoms with E-state index in [4.69, 9.17) is 5.11 Å². The Balaban J connectivity index is 1.93. The van der Waals surface area contributed by atoms with Gasteiger partial charge in [-0.05, 0) is 48.6 Å². The van der Waals surface area contributed by atoms with Crippen molar-refractivity contribution < 1.29 is 23.4 Å². The number of phenols is 1. The van der Waals surface area contributed by atoms with Crippen molar-refractivity contribution in [2.45, 2.75) is 30.2 Å². The zero-order valence-corrected chi connectivity index (χ0v) is 13.6. The molecule has 0 amide bonds. The predicted molar refractivity (Wildman–Crippen MR) is 87.5 cm³/mol. The minimum atomic E-state index is -3.90. The third kappa shape index (κ3) is 3.13. The van der Waals surface area contributed by atoms with Crippen LogP contribution < -0.4 is 4.72 Å². The summed E-state index contributed by atoms with van der Waals surface area (Å²) in [7, 11) is -3.90. The highest BCUT2D eigenvalue weighted by atomic mass is 32.2. The molecule has 0 radical (unpaired) electrons. The number of aromatic carboxylic acids is 1. The summed E-state index contributed by atoms with van der Waals surface area (Å²) in [4.78, 5) is 10.9. The molecule has 0 heterocycles. The number of benzene rings is 2. The lowest BCUT2D eigenvalue weighted by Crippen LogP contribution is -2.31. The summed E-state index contributed by atoms with van der Waals surface area (Å²) in [6.07, 6.45) is 2.47. The number of sulfonamides is 1. The van der Waals surface area contributed by atoms with Crippen molar-refractivity contribution in [3.05, 3.63) is 59.2 Å². The molecular formula is C17H17NO5S. The predicted octanol–water partition coefficient (Wildman–Crippen LogP) is 2.45. The summed E-state index contributed by atoms with van der Waals surface area (Å²) < 4.78 is 27.9. The van der Waals surface area contributed by atoms with E-state index >= 15 is 0 Å². The Morgan fingerprint density at radius 3 is 2.67 bits per heavy atom. The third-order valence-corrected chi connectivity index (χ3v) is 5.64. The van der Waals surface area contributed by atoms with E-state index in [1.807, 2.05) is 24.3 Å². The molecule has 3 N–H and O–H groups in total. The normalized spacial score (nSPS) is 17.2. The fourth-order valence-corrected chi connectivity index (χ4v) is 4.26. The molecule has 0 unspecified atom stereocenters. The molecule has 0 saturated carbocycles. The molecule has 3 rings (SSSR count). The zero-order valence-electron chi connectivity index (χ0n) is 12.8. The van der Waals surface area contributed by atoms with Crippen LogP contribution in [0.15, 0.2) is 47.4 Å². The maximum atomic E-state index is 12.6. The summed E-state index contributed by atoms with van der Waals surface area (Å²) in [5, 5.41) is 18.6. The Morgan fingerprint density at radius 2 is 1.92 bits per heavy atom. The average Bonchev–Trinajstić information content (AvgIpc) is 2.55. The van der Waals surface area contributed by atoms with E-state index in [1.165, 1.54) is 6.07 Å². The molecule has 1 aliphatic carbocycles. The van der Waals surface area contributed by atoms with Gasteiger partial charge in [-0.25, -0.2) is 17.9 Å². The van der Waals surface area contributed by atoms with Gasteiger partial charge in [-0.15, -0.1) is 0 Å². The number of aryl methyl sites for hydroxylation is 1. The summed E-state index contributed by atoms with van der Waals surface area (Å²) >= 11 is 0. The lowest BCUT2D eigenvalue weighted by atomic mass is 9.88. The quantitative estimate of drug-likeness (QED) is 0.788. The second-order valence-electron chi connectivity index (χ2n) is 5.75. The van der Waals surface area contributed by atoms with E-state index in [-0.39, 0.29) is 10.9 Å². The fourth-order valence-electron chi connectivity index (χ4n) is 2.99. The van der Waals surface area contributed by atoms with E-state index in [1.54, 1.807) is 0 Å². The van der Waals surface area contributed by atoms with Gasteiger partial charge >= 0.3 is 5.97 Å². The van der Waals surface area contributed by atoms with Crippen molar-refractivity contribution in [2.24, 2.45) is 0 Å². The second kappa shape index (κ2) is 6.26. The molecule has 0 aromatic heterocycles. The molecule has 7 heteroatoms. The van der Waals surface area contributed by atoms with Crippen LogP contribution in [0.1, 0.15) is 40.4 Å². The van der Waals surface area contributed by atoms with Gasteiger partial charge < -0.3 is 10.2 Å². The first-order chi connectivity index (χ1) is 11.4. The van der Waals surface area contributed by atoms with Crippen LogP contribution in [0.2, 0.25) is 0 Å². The van der Waals surface area contributed by atoms with Gasteiger partial charge in [0.15, 0.2) is 0 Å². The minimum Gasteiger partial charge on any atom is -0.507 e. The van der Waals surface area contributed by atoms with Crippen LogP contribution in [0, 0.1) is 0 Å². The van der Waals surface area contributed by atoms with Crippen molar-refractivity contribution in [1.82, 2.24) is 4.72 Å². The van der Waals surface area contributed by atoms with Gasteiger partial charge in [0.2, 0.25) is 10.0 Å². The summed E-state index contributed by atoms with van der Waals surface area (Å²) in [6, 6.07) is 10.6. The monoisotopic (exact) mass is 347 g/mol. The number of carbonyl (C=O) groups is 1. The Bertz CT molecular complexity index is 892. The first-order valence-electron chi connectivity index (χ1n) is 7.55. The number of aromatic hydroxyl groups is 1. The molecule has 0 bridgehead atoms. The van der Waals surface area contributed by atoms with Crippen LogP contribution in [0.3, 0.4) is 0 Å². The van der Waals surface area contributed by atoms with Gasteiger partial charge in [0.1, 0.15) is 11.3 Å². The van der Waals surface area contributed by atoms with Crippen LogP contribution in [0.4, 0.5) is 0 Å². The standard InChI is InChI=1S/C17H17NO5S/c19-16-9-8-12(10-14(16)17(20)21)24(22,23)18-15-7-3-5-11-4-1-2-6-13(11)15/h1-2,4,6,8-10,15,18-19H,3,5,7H2,(H,20,21)/t15-/m1/s1. The third-order valence-electron chi connectivity index (χ3n) is 4.18. The van der Waals surface area contributed by atoms with Gasteiger partial charge in [-0.3, -0.25) is 0 Å². The highest BCUT2D eigenvalue weighted by molar-refractivity contribution is 7.89. The molecule has 1 aliphatic rings. The van der Waals surface area contributed by atoms with E-state index in [0.29, 0.717) is 6.42 Å². The Morgan fingerprint density at radius 1 is 1.17 bits per heavy atom. The topological polar surface area (TPSA) is 104 Å². The van der Waals surface area contributed by atoms with Crippen molar-refractivity contribution in [3.63, 3.8) is 0 Å². The van der Waals surface area contributed by atoms with Crippen molar-refractivity contribution in [2.75, 3.05) is 0 Å². The van der Waals surface area contributed by atoms with E-state index in [9.17, 15) is 18.3 Å². The smallest absolute Gasteiger partial charge is 0.339 e. The first-order valence-corrected chi connectivity index (χ1v) is 9.03. The number of hydrogen-bond acceptors (Lipinski definition) is 4.